The Bertz CT molecular complexity index is 599. The Morgan fingerprint density at radius 1 is 1.35 bits per heavy atom. The number of nitrogens with zero attached hydrogens (tertiary/aromatic N) is 1. The van der Waals surface area contributed by atoms with Gasteiger partial charge in [-0.3, -0.25) is 4.79 Å². The van der Waals surface area contributed by atoms with Crippen molar-refractivity contribution in [3.05, 3.63) is 46.3 Å². The van der Waals surface area contributed by atoms with E-state index in [1.807, 2.05) is 17.5 Å². The number of carboxylic acid groups (broad SMARTS) is 1. The third kappa shape index (κ3) is 4.07. The van der Waals surface area contributed by atoms with Crippen molar-refractivity contribution in [1.29, 1.82) is 0 Å². The summed E-state index contributed by atoms with van der Waals surface area (Å²) in [6.07, 6.45) is 1.45. The van der Waals surface area contributed by atoms with Crippen LogP contribution >= 0.6 is 23.1 Å². The average molecular weight is 308 g/mol. The van der Waals surface area contributed by atoms with Gasteiger partial charge >= 0.3 is 5.97 Å². The number of hydrogen-bond donors (Lipinski definition) is 2. The van der Waals surface area contributed by atoms with Crippen LogP contribution in [0, 0.1) is 0 Å². The Morgan fingerprint density at radius 2 is 2.20 bits per heavy atom. The quantitative estimate of drug-likeness (QED) is 0.857. The third-order valence-corrected chi connectivity index (χ3v) is 4.39. The first-order chi connectivity index (χ1) is 9.66. The number of amides is 1. The number of carbonyl (C=O) groups excluding carboxylic acids is 1. The number of thioether (sulfide) groups is 1. The highest BCUT2D eigenvalue weighted by atomic mass is 32.2. The van der Waals surface area contributed by atoms with Crippen molar-refractivity contribution in [2.24, 2.45) is 0 Å². The van der Waals surface area contributed by atoms with Crippen LogP contribution in [0.3, 0.4) is 0 Å². The summed E-state index contributed by atoms with van der Waals surface area (Å²) in [7, 11) is 0. The van der Waals surface area contributed by atoms with Crippen molar-refractivity contribution in [2.75, 3.05) is 11.1 Å². The summed E-state index contributed by atoms with van der Waals surface area (Å²) in [6.45, 7) is 0. The molecule has 0 saturated heterocycles. The highest BCUT2D eigenvalue weighted by molar-refractivity contribution is 7.99. The minimum Gasteiger partial charge on any atom is -0.478 e. The molecule has 0 radical (unpaired) electrons. The van der Waals surface area contributed by atoms with Gasteiger partial charge in [-0.15, -0.1) is 23.1 Å². The number of anilines is 1. The predicted molar refractivity (Wildman–Crippen MR) is 80.3 cm³/mol. The maximum absolute atomic E-state index is 11.8. The van der Waals surface area contributed by atoms with E-state index >= 15 is 0 Å². The Hall–Kier alpha value is -1.86. The standard InChI is InChI=1S/C13H12N2O3S2/c16-11(8-19-7-9-3-2-6-20-9)15-12-10(13(17)18)4-1-5-14-12/h1-6H,7-8H2,(H,17,18)(H,14,15,16). The number of rotatable bonds is 6. The van der Waals surface area contributed by atoms with E-state index < -0.39 is 5.97 Å². The summed E-state index contributed by atoms with van der Waals surface area (Å²) in [5.74, 6) is -0.263. The van der Waals surface area contributed by atoms with Crippen LogP contribution in [0.5, 0.6) is 0 Å². The zero-order chi connectivity index (χ0) is 14.4. The summed E-state index contributed by atoms with van der Waals surface area (Å²) >= 11 is 3.12. The maximum atomic E-state index is 11.8. The molecule has 0 fully saturated rings. The van der Waals surface area contributed by atoms with Crippen molar-refractivity contribution in [3.63, 3.8) is 0 Å². The molecule has 2 rings (SSSR count). The van der Waals surface area contributed by atoms with E-state index in [0.717, 1.165) is 5.75 Å². The molecule has 0 aliphatic heterocycles. The Balaban J connectivity index is 1.87. The van der Waals surface area contributed by atoms with Crippen LogP contribution in [0.15, 0.2) is 35.8 Å². The SMILES string of the molecule is O=C(CSCc1cccs1)Nc1ncccc1C(=O)O. The molecule has 5 nitrogen and oxygen atoms in total. The van der Waals surface area contributed by atoms with Gasteiger partial charge in [0.15, 0.2) is 0 Å². The van der Waals surface area contributed by atoms with Crippen LogP contribution in [0.2, 0.25) is 0 Å². The van der Waals surface area contributed by atoms with Crippen molar-refractivity contribution in [1.82, 2.24) is 4.98 Å². The zero-order valence-electron chi connectivity index (χ0n) is 10.4. The van der Waals surface area contributed by atoms with Crippen LogP contribution in [-0.4, -0.2) is 27.7 Å². The summed E-state index contributed by atoms with van der Waals surface area (Å²) in [6, 6.07) is 6.90. The molecular formula is C13H12N2O3S2. The molecule has 0 atom stereocenters. The molecule has 7 heteroatoms. The molecule has 0 aromatic carbocycles. The van der Waals surface area contributed by atoms with E-state index in [2.05, 4.69) is 10.3 Å². The first-order valence-electron chi connectivity index (χ1n) is 5.75. The van der Waals surface area contributed by atoms with E-state index in [1.165, 1.54) is 35.0 Å². The van der Waals surface area contributed by atoms with Gasteiger partial charge in [-0.1, -0.05) is 6.07 Å². The summed E-state index contributed by atoms with van der Waals surface area (Å²) in [4.78, 5) is 27.8. The largest absolute Gasteiger partial charge is 0.478 e. The van der Waals surface area contributed by atoms with E-state index in [4.69, 9.17) is 5.11 Å². The highest BCUT2D eigenvalue weighted by Crippen LogP contribution is 2.17. The van der Waals surface area contributed by atoms with Crippen molar-refractivity contribution in [2.45, 2.75) is 5.75 Å². The number of aromatic nitrogens is 1. The Morgan fingerprint density at radius 3 is 2.90 bits per heavy atom. The molecule has 0 aliphatic carbocycles. The molecule has 1 amide bonds. The number of pyridine rings is 1. The second kappa shape index (κ2) is 7.06. The highest BCUT2D eigenvalue weighted by Gasteiger charge is 2.13. The van der Waals surface area contributed by atoms with Crippen LogP contribution in [0.25, 0.3) is 0 Å². The van der Waals surface area contributed by atoms with Gasteiger partial charge in [0, 0.05) is 16.8 Å². The smallest absolute Gasteiger partial charge is 0.339 e. The zero-order valence-corrected chi connectivity index (χ0v) is 12.0. The molecule has 0 spiro atoms. The molecule has 2 heterocycles. The fourth-order valence-corrected chi connectivity index (χ4v) is 3.15. The van der Waals surface area contributed by atoms with Gasteiger partial charge in [0.2, 0.25) is 5.91 Å². The minimum absolute atomic E-state index is 0.0101. The maximum Gasteiger partial charge on any atom is 0.339 e. The van der Waals surface area contributed by atoms with Gasteiger partial charge in [0.1, 0.15) is 11.4 Å². The molecule has 0 saturated carbocycles. The predicted octanol–water partition coefficient (Wildman–Crippen LogP) is 2.71. The van der Waals surface area contributed by atoms with E-state index in [1.54, 1.807) is 11.3 Å². The normalized spacial score (nSPS) is 10.2. The fourth-order valence-electron chi connectivity index (χ4n) is 1.48. The monoisotopic (exact) mass is 308 g/mol. The van der Waals surface area contributed by atoms with Gasteiger partial charge in [-0.25, -0.2) is 9.78 Å². The first-order valence-corrected chi connectivity index (χ1v) is 7.78. The van der Waals surface area contributed by atoms with Gasteiger partial charge in [-0.2, -0.15) is 0 Å². The lowest BCUT2D eigenvalue weighted by Gasteiger charge is -2.06. The number of nitrogens with one attached hydrogen (secondary N) is 1. The van der Waals surface area contributed by atoms with Gasteiger partial charge in [0.25, 0.3) is 0 Å². The van der Waals surface area contributed by atoms with E-state index in [-0.39, 0.29) is 23.0 Å². The number of carbonyl (C=O) groups is 2. The third-order valence-electron chi connectivity index (χ3n) is 2.35. The number of carboxylic acids is 1. The van der Waals surface area contributed by atoms with Crippen LogP contribution in [0.1, 0.15) is 15.2 Å². The van der Waals surface area contributed by atoms with E-state index in [9.17, 15) is 9.59 Å². The molecule has 2 N–H and O–H groups in total. The lowest BCUT2D eigenvalue weighted by Crippen LogP contribution is -2.17. The van der Waals surface area contributed by atoms with Crippen molar-refractivity contribution < 1.29 is 14.7 Å². The molecule has 20 heavy (non-hydrogen) atoms. The lowest BCUT2D eigenvalue weighted by atomic mass is 10.2. The Labute approximate surface area is 124 Å². The Kier molecular flexibility index (Phi) is 5.14. The molecule has 2 aromatic rings. The van der Waals surface area contributed by atoms with Gasteiger partial charge in [0.05, 0.1) is 5.75 Å². The molecule has 0 unspecified atom stereocenters. The van der Waals surface area contributed by atoms with Crippen LogP contribution in [-0.2, 0) is 10.5 Å². The molecule has 0 aliphatic rings. The summed E-state index contributed by atoms with van der Waals surface area (Å²) < 4.78 is 0. The lowest BCUT2D eigenvalue weighted by molar-refractivity contribution is -0.113. The van der Waals surface area contributed by atoms with Crippen LogP contribution < -0.4 is 5.32 Å². The molecule has 104 valence electrons. The second-order valence-electron chi connectivity index (χ2n) is 3.83. The van der Waals surface area contributed by atoms with Crippen molar-refractivity contribution >= 4 is 40.8 Å². The fraction of sp³-hybridized carbons (Fsp3) is 0.154. The number of hydrogen-bond acceptors (Lipinski definition) is 5. The van der Waals surface area contributed by atoms with Crippen molar-refractivity contribution in [3.8, 4) is 0 Å². The van der Waals surface area contributed by atoms with Gasteiger partial charge in [-0.05, 0) is 23.6 Å². The van der Waals surface area contributed by atoms with Crippen LogP contribution in [0.4, 0.5) is 5.82 Å². The first kappa shape index (κ1) is 14.5. The minimum atomic E-state index is -1.11. The molecule has 0 bridgehead atoms. The number of aromatic carboxylic acids is 1. The molecular weight excluding hydrogens is 296 g/mol. The molecule has 2 aromatic heterocycles. The summed E-state index contributed by atoms with van der Waals surface area (Å²) in [5.41, 5.74) is -0.0101. The second-order valence-corrected chi connectivity index (χ2v) is 5.84. The summed E-state index contributed by atoms with van der Waals surface area (Å²) in [5, 5.41) is 13.5. The average Bonchev–Trinajstić information content (AvgIpc) is 2.92. The van der Waals surface area contributed by atoms with Gasteiger partial charge < -0.3 is 10.4 Å². The number of thiophene rings is 1. The topological polar surface area (TPSA) is 79.3 Å². The van der Waals surface area contributed by atoms with E-state index in [0.29, 0.717) is 0 Å².